The van der Waals surface area contributed by atoms with E-state index in [2.05, 4.69) is 4.98 Å². The number of rotatable bonds is 5. The van der Waals surface area contributed by atoms with Crippen LogP contribution in [0.15, 0.2) is 0 Å². The monoisotopic (exact) mass is 458 g/mol. The number of hydrogen-bond donors (Lipinski definition) is 1. The Kier molecular flexibility index (Phi) is 7.09. The molecule has 30 heavy (non-hydrogen) atoms. The van der Waals surface area contributed by atoms with E-state index in [1.807, 2.05) is 0 Å². The zero-order valence-electron chi connectivity index (χ0n) is 17.0. The van der Waals surface area contributed by atoms with E-state index in [9.17, 15) is 31.4 Å². The second-order valence-corrected chi connectivity index (χ2v) is 9.52. The first-order valence-corrected chi connectivity index (χ1v) is 11.3. The summed E-state index contributed by atoms with van der Waals surface area (Å²) < 4.78 is 81.0. The molecule has 1 saturated heterocycles. The SMILES string of the molecule is CCC(O)c1sc(C2(C(F)(F)F)CCCCC2)nc1CN1CCC(C(F)(F)F)CC1. The van der Waals surface area contributed by atoms with E-state index >= 15 is 0 Å². The van der Waals surface area contributed by atoms with Gasteiger partial charge in [0.15, 0.2) is 0 Å². The van der Waals surface area contributed by atoms with Crippen LogP contribution in [0.25, 0.3) is 0 Å². The summed E-state index contributed by atoms with van der Waals surface area (Å²) in [6.45, 7) is 2.33. The van der Waals surface area contributed by atoms with Gasteiger partial charge in [0.25, 0.3) is 0 Å². The summed E-state index contributed by atoms with van der Waals surface area (Å²) in [5.41, 5.74) is -1.61. The lowest BCUT2D eigenvalue weighted by molar-refractivity contribution is -0.199. The first-order valence-electron chi connectivity index (χ1n) is 10.5. The predicted molar refractivity (Wildman–Crippen MR) is 102 cm³/mol. The molecule has 1 aliphatic carbocycles. The minimum Gasteiger partial charge on any atom is -0.388 e. The normalized spacial score (nSPS) is 22.9. The van der Waals surface area contributed by atoms with Crippen LogP contribution >= 0.6 is 11.3 Å². The summed E-state index contributed by atoms with van der Waals surface area (Å²) >= 11 is 0.930. The van der Waals surface area contributed by atoms with Gasteiger partial charge in [0, 0.05) is 6.54 Å². The van der Waals surface area contributed by atoms with Crippen molar-refractivity contribution in [3.63, 3.8) is 0 Å². The highest BCUT2D eigenvalue weighted by Gasteiger charge is 2.58. The molecule has 0 spiro atoms. The van der Waals surface area contributed by atoms with E-state index in [4.69, 9.17) is 0 Å². The van der Waals surface area contributed by atoms with Gasteiger partial charge in [-0.15, -0.1) is 11.3 Å². The lowest BCUT2D eigenvalue weighted by Gasteiger charge is -2.37. The highest BCUT2D eigenvalue weighted by atomic mass is 32.1. The van der Waals surface area contributed by atoms with Gasteiger partial charge in [0.05, 0.1) is 22.6 Å². The summed E-state index contributed by atoms with van der Waals surface area (Å²) in [5, 5.41) is 10.4. The lowest BCUT2D eigenvalue weighted by Crippen LogP contribution is -2.44. The standard InChI is InChI=1S/C20H28F6N2OS/c1-2-15(29)16-14(12-28-10-6-13(7-11-28)19(21,22)23)27-17(30-16)18(20(24,25)26)8-4-3-5-9-18/h13,15,29H,2-12H2,1H3. The van der Waals surface area contributed by atoms with Crippen LogP contribution in [0.4, 0.5) is 26.3 Å². The number of alkyl halides is 6. The molecule has 0 aromatic carbocycles. The van der Waals surface area contributed by atoms with Crippen molar-refractivity contribution >= 4 is 11.3 Å². The lowest BCUT2D eigenvalue weighted by atomic mass is 9.74. The third-order valence-corrected chi connectivity index (χ3v) is 7.90. The fourth-order valence-corrected chi connectivity index (χ4v) is 5.94. The molecule has 10 heteroatoms. The second-order valence-electron chi connectivity index (χ2n) is 8.49. The highest BCUT2D eigenvalue weighted by Crippen LogP contribution is 2.52. The van der Waals surface area contributed by atoms with E-state index < -0.39 is 29.8 Å². The molecule has 2 aliphatic rings. The number of aromatic nitrogens is 1. The molecular weight excluding hydrogens is 430 g/mol. The number of thiazole rings is 1. The average Bonchev–Trinajstić information content (AvgIpc) is 3.11. The molecule has 0 amide bonds. The third kappa shape index (κ3) is 4.80. The van der Waals surface area contributed by atoms with Crippen molar-refractivity contribution in [3.05, 3.63) is 15.6 Å². The molecule has 1 atom stereocenters. The smallest absolute Gasteiger partial charge is 0.388 e. The first kappa shape index (κ1) is 23.8. The molecule has 1 aliphatic heterocycles. The third-order valence-electron chi connectivity index (χ3n) is 6.50. The molecule has 1 saturated carbocycles. The van der Waals surface area contributed by atoms with E-state index in [1.165, 1.54) is 0 Å². The van der Waals surface area contributed by atoms with Gasteiger partial charge in [0.2, 0.25) is 0 Å². The number of halogens is 6. The topological polar surface area (TPSA) is 36.4 Å². The van der Waals surface area contributed by atoms with Crippen LogP contribution in [-0.2, 0) is 12.0 Å². The Morgan fingerprint density at radius 3 is 2.20 bits per heavy atom. The van der Waals surface area contributed by atoms with Crippen LogP contribution in [0.2, 0.25) is 0 Å². The predicted octanol–water partition coefficient (Wildman–Crippen LogP) is 6.13. The van der Waals surface area contributed by atoms with E-state index in [-0.39, 0.29) is 50.3 Å². The van der Waals surface area contributed by atoms with Crippen molar-refractivity contribution in [1.82, 2.24) is 9.88 Å². The summed E-state index contributed by atoms with van der Waals surface area (Å²) in [6, 6.07) is 0. The van der Waals surface area contributed by atoms with Crippen LogP contribution in [0.1, 0.15) is 80.0 Å². The number of hydrogen-bond acceptors (Lipinski definition) is 4. The Hall–Kier alpha value is -0.870. The van der Waals surface area contributed by atoms with E-state index in [1.54, 1.807) is 11.8 Å². The fraction of sp³-hybridized carbons (Fsp3) is 0.850. The van der Waals surface area contributed by atoms with Crippen molar-refractivity contribution in [2.45, 2.75) is 88.7 Å². The zero-order valence-corrected chi connectivity index (χ0v) is 17.8. The van der Waals surface area contributed by atoms with E-state index in [0.717, 1.165) is 17.8 Å². The Labute approximate surface area is 176 Å². The van der Waals surface area contributed by atoms with Gasteiger partial charge in [-0.1, -0.05) is 26.2 Å². The van der Waals surface area contributed by atoms with Gasteiger partial charge in [-0.3, -0.25) is 4.90 Å². The maximum atomic E-state index is 14.1. The quantitative estimate of drug-likeness (QED) is 0.540. The van der Waals surface area contributed by atoms with Gasteiger partial charge < -0.3 is 5.11 Å². The molecule has 1 unspecified atom stereocenters. The maximum Gasteiger partial charge on any atom is 0.400 e. The molecule has 1 N–H and O–H groups in total. The van der Waals surface area contributed by atoms with Crippen LogP contribution in [0.3, 0.4) is 0 Å². The Bertz CT molecular complexity index is 703. The summed E-state index contributed by atoms with van der Waals surface area (Å²) in [6.07, 6.45) is -7.60. The minimum absolute atomic E-state index is 0.00243. The van der Waals surface area contributed by atoms with Crippen molar-refractivity contribution in [1.29, 1.82) is 0 Å². The second kappa shape index (κ2) is 8.94. The Morgan fingerprint density at radius 1 is 1.10 bits per heavy atom. The van der Waals surface area contributed by atoms with Gasteiger partial charge in [-0.05, 0) is 45.2 Å². The molecule has 172 valence electrons. The number of aliphatic hydroxyl groups excluding tert-OH is 1. The number of likely N-dealkylation sites (tertiary alicyclic amines) is 1. The van der Waals surface area contributed by atoms with Gasteiger partial charge in [0.1, 0.15) is 10.4 Å². The van der Waals surface area contributed by atoms with Crippen molar-refractivity contribution in [3.8, 4) is 0 Å². The van der Waals surface area contributed by atoms with Crippen LogP contribution in [0.5, 0.6) is 0 Å². The van der Waals surface area contributed by atoms with Gasteiger partial charge in [-0.2, -0.15) is 26.3 Å². The molecule has 2 heterocycles. The molecule has 2 fully saturated rings. The van der Waals surface area contributed by atoms with Crippen LogP contribution in [-0.4, -0.2) is 40.4 Å². The first-order chi connectivity index (χ1) is 14.0. The average molecular weight is 459 g/mol. The molecule has 1 aromatic rings. The van der Waals surface area contributed by atoms with Crippen LogP contribution in [0, 0.1) is 5.92 Å². The van der Waals surface area contributed by atoms with Crippen molar-refractivity contribution in [2.75, 3.05) is 13.1 Å². The minimum atomic E-state index is -4.43. The highest BCUT2D eigenvalue weighted by molar-refractivity contribution is 7.12. The van der Waals surface area contributed by atoms with Crippen LogP contribution < -0.4 is 0 Å². The summed E-state index contributed by atoms with van der Waals surface area (Å²) in [4.78, 5) is 6.59. The molecule has 3 rings (SSSR count). The number of piperidine rings is 1. The molecule has 3 nitrogen and oxygen atoms in total. The van der Waals surface area contributed by atoms with E-state index in [0.29, 0.717) is 29.8 Å². The molecule has 1 aromatic heterocycles. The van der Waals surface area contributed by atoms with Crippen molar-refractivity contribution < 1.29 is 31.4 Å². The van der Waals surface area contributed by atoms with Crippen molar-refractivity contribution in [2.24, 2.45) is 5.92 Å². The van der Waals surface area contributed by atoms with Gasteiger partial charge >= 0.3 is 12.4 Å². The Balaban J connectivity index is 1.85. The van der Waals surface area contributed by atoms with Gasteiger partial charge in [-0.25, -0.2) is 4.98 Å². The maximum absolute atomic E-state index is 14.1. The zero-order chi connectivity index (χ0) is 22.2. The molecule has 0 radical (unpaired) electrons. The Morgan fingerprint density at radius 2 is 1.70 bits per heavy atom. The largest absolute Gasteiger partial charge is 0.400 e. The number of nitrogens with zero attached hydrogens (tertiary/aromatic N) is 2. The molecule has 0 bridgehead atoms. The summed E-state index contributed by atoms with van der Waals surface area (Å²) in [7, 11) is 0. The molecular formula is C20H28F6N2OS. The fourth-order valence-electron chi connectivity index (χ4n) is 4.53. The summed E-state index contributed by atoms with van der Waals surface area (Å²) in [5.74, 6) is -1.34. The number of aliphatic hydroxyl groups is 1.